The van der Waals surface area contributed by atoms with Crippen LogP contribution in [0.3, 0.4) is 0 Å². The molecule has 1 aromatic carbocycles. The number of carbonyl (C=O) groups is 1. The maximum absolute atomic E-state index is 11.4. The maximum Gasteiger partial charge on any atom is 0.276 e. The Morgan fingerprint density at radius 1 is 1.24 bits per heavy atom. The van der Waals surface area contributed by atoms with E-state index >= 15 is 0 Å². The lowest BCUT2D eigenvalue weighted by Crippen LogP contribution is -2.26. The zero-order chi connectivity index (χ0) is 12.5. The second kappa shape index (κ2) is 4.69. The number of rotatable bonds is 1. The van der Waals surface area contributed by atoms with Crippen molar-refractivity contribution in [1.82, 2.24) is 4.98 Å². The summed E-state index contributed by atoms with van der Waals surface area (Å²) in [5.41, 5.74) is 1.39. The molecule has 17 heavy (non-hydrogen) atoms. The number of nitrogens with one attached hydrogen (secondary N) is 1. The van der Waals surface area contributed by atoms with Gasteiger partial charge in [0.05, 0.1) is 5.52 Å². The summed E-state index contributed by atoms with van der Waals surface area (Å²) >= 11 is 16.4. The largest absolute Gasteiger partial charge is 0.322 e. The number of pyridine rings is 1. The van der Waals surface area contributed by atoms with Gasteiger partial charge in [-0.2, -0.15) is 0 Å². The van der Waals surface area contributed by atoms with Gasteiger partial charge in [-0.1, -0.05) is 40.9 Å². The predicted octanol–water partition coefficient (Wildman–Crippen LogP) is 3.54. The molecular weight excluding hydrogens is 282 g/mol. The number of hydrogen-bond acceptors (Lipinski definition) is 2. The Balaban J connectivity index is 2.29. The van der Waals surface area contributed by atoms with Crippen LogP contribution < -0.4 is 5.32 Å². The molecule has 1 N–H and O–H groups in total. The van der Waals surface area contributed by atoms with Crippen molar-refractivity contribution in [1.29, 1.82) is 0 Å². The van der Waals surface area contributed by atoms with E-state index in [0.717, 1.165) is 10.9 Å². The van der Waals surface area contributed by atoms with Crippen molar-refractivity contribution in [3.63, 3.8) is 0 Å². The average molecular weight is 290 g/mol. The molecule has 88 valence electrons. The van der Waals surface area contributed by atoms with Gasteiger partial charge in [0, 0.05) is 17.3 Å². The van der Waals surface area contributed by atoms with Gasteiger partial charge in [-0.15, -0.1) is 0 Å². The topological polar surface area (TPSA) is 42.0 Å². The highest BCUT2D eigenvalue weighted by molar-refractivity contribution is 6.76. The number of amides is 1. The molecule has 2 rings (SSSR count). The van der Waals surface area contributed by atoms with Crippen molar-refractivity contribution in [3.05, 3.63) is 36.5 Å². The second-order valence-corrected chi connectivity index (χ2v) is 5.64. The molecule has 2 aromatic rings. The van der Waals surface area contributed by atoms with Gasteiger partial charge in [0.15, 0.2) is 0 Å². The van der Waals surface area contributed by atoms with Crippen LogP contribution in [0.5, 0.6) is 0 Å². The van der Waals surface area contributed by atoms with Gasteiger partial charge in [0.2, 0.25) is 0 Å². The summed E-state index contributed by atoms with van der Waals surface area (Å²) in [6, 6.07) is 8.93. The third-order valence-corrected chi connectivity index (χ3v) is 2.63. The number of aromatic nitrogens is 1. The van der Waals surface area contributed by atoms with Gasteiger partial charge in [-0.25, -0.2) is 0 Å². The second-order valence-electron chi connectivity index (χ2n) is 3.36. The average Bonchev–Trinajstić information content (AvgIpc) is 2.27. The first-order chi connectivity index (χ1) is 7.97. The summed E-state index contributed by atoms with van der Waals surface area (Å²) in [7, 11) is 0. The highest BCUT2D eigenvalue weighted by Gasteiger charge is 2.30. The molecule has 0 saturated carbocycles. The van der Waals surface area contributed by atoms with E-state index in [1.165, 1.54) is 0 Å². The first-order valence-corrected chi connectivity index (χ1v) is 5.83. The van der Waals surface area contributed by atoms with E-state index < -0.39 is 9.70 Å². The molecular formula is C11H7Cl3N2O. The number of fused-ring (bicyclic) bond motifs is 1. The zero-order valence-corrected chi connectivity index (χ0v) is 10.7. The molecule has 0 spiro atoms. The number of hydrogen-bond donors (Lipinski definition) is 1. The molecule has 0 atom stereocenters. The van der Waals surface area contributed by atoms with E-state index in [1.807, 2.05) is 12.1 Å². The van der Waals surface area contributed by atoms with E-state index in [9.17, 15) is 4.79 Å². The summed E-state index contributed by atoms with van der Waals surface area (Å²) in [6.45, 7) is 0. The quantitative estimate of drug-likeness (QED) is 0.816. The number of halogens is 3. The summed E-state index contributed by atoms with van der Waals surface area (Å²) < 4.78 is -1.97. The Morgan fingerprint density at radius 2 is 2.00 bits per heavy atom. The molecule has 1 amide bonds. The van der Waals surface area contributed by atoms with E-state index in [-0.39, 0.29) is 0 Å². The van der Waals surface area contributed by atoms with Gasteiger partial charge < -0.3 is 5.32 Å². The fourth-order valence-corrected chi connectivity index (χ4v) is 1.50. The zero-order valence-electron chi connectivity index (χ0n) is 8.45. The molecule has 0 aliphatic rings. The minimum absolute atomic E-state index is 0.557. The summed E-state index contributed by atoms with van der Waals surface area (Å²) in [5, 5.41) is 3.41. The first kappa shape index (κ1) is 12.4. The molecule has 0 saturated heterocycles. The van der Waals surface area contributed by atoms with Crippen molar-refractivity contribution >= 4 is 57.3 Å². The van der Waals surface area contributed by atoms with Crippen LogP contribution in [0.25, 0.3) is 10.9 Å². The van der Waals surface area contributed by atoms with Crippen molar-refractivity contribution in [2.45, 2.75) is 3.79 Å². The number of anilines is 1. The van der Waals surface area contributed by atoms with Crippen molar-refractivity contribution < 1.29 is 4.79 Å². The van der Waals surface area contributed by atoms with Crippen molar-refractivity contribution in [3.8, 4) is 0 Å². The number of nitrogens with zero attached hydrogens (tertiary/aromatic N) is 1. The van der Waals surface area contributed by atoms with Crippen LogP contribution in [0.15, 0.2) is 36.5 Å². The Kier molecular flexibility index (Phi) is 3.43. The van der Waals surface area contributed by atoms with Crippen LogP contribution in [0.4, 0.5) is 5.69 Å². The molecule has 0 bridgehead atoms. The van der Waals surface area contributed by atoms with Gasteiger partial charge in [-0.3, -0.25) is 9.78 Å². The van der Waals surface area contributed by atoms with Crippen molar-refractivity contribution in [2.24, 2.45) is 0 Å². The standard InChI is InChI=1S/C11H7Cl3N2O/c12-11(13,14)10(17)16-8-3-4-9-7(6-8)2-1-5-15-9/h1-6H,(H,16,17). The minimum Gasteiger partial charge on any atom is -0.322 e. The highest BCUT2D eigenvalue weighted by Crippen LogP contribution is 2.28. The lowest BCUT2D eigenvalue weighted by Gasteiger charge is -2.11. The summed E-state index contributed by atoms with van der Waals surface area (Å²) in [5.74, 6) is -0.689. The molecule has 3 nitrogen and oxygen atoms in total. The van der Waals surface area contributed by atoms with Crippen LogP contribution >= 0.6 is 34.8 Å². The lowest BCUT2D eigenvalue weighted by atomic mass is 10.2. The molecule has 0 aliphatic carbocycles. The fraction of sp³-hybridized carbons (Fsp3) is 0.0909. The Morgan fingerprint density at radius 3 is 2.71 bits per heavy atom. The summed E-state index contributed by atoms with van der Waals surface area (Å²) in [4.78, 5) is 15.6. The highest BCUT2D eigenvalue weighted by atomic mass is 35.6. The van der Waals surface area contributed by atoms with E-state index in [1.54, 1.807) is 24.4 Å². The van der Waals surface area contributed by atoms with E-state index in [0.29, 0.717) is 5.69 Å². The molecule has 0 aliphatic heterocycles. The molecule has 1 heterocycles. The molecule has 0 fully saturated rings. The van der Waals surface area contributed by atoms with E-state index in [2.05, 4.69) is 10.3 Å². The van der Waals surface area contributed by atoms with Gasteiger partial charge in [-0.05, 0) is 24.3 Å². The van der Waals surface area contributed by atoms with Gasteiger partial charge >= 0.3 is 0 Å². The smallest absolute Gasteiger partial charge is 0.276 e. The molecule has 0 radical (unpaired) electrons. The van der Waals surface area contributed by atoms with Gasteiger partial charge in [0.1, 0.15) is 0 Å². The fourth-order valence-electron chi connectivity index (χ4n) is 1.36. The lowest BCUT2D eigenvalue weighted by molar-refractivity contribution is -0.115. The van der Waals surface area contributed by atoms with Crippen LogP contribution in [0.1, 0.15) is 0 Å². The maximum atomic E-state index is 11.4. The van der Waals surface area contributed by atoms with Gasteiger partial charge in [0.25, 0.3) is 9.70 Å². The van der Waals surface area contributed by atoms with Crippen LogP contribution in [0, 0.1) is 0 Å². The number of carbonyl (C=O) groups excluding carboxylic acids is 1. The molecule has 6 heteroatoms. The Labute approximate surface area is 113 Å². The summed E-state index contributed by atoms with van der Waals surface area (Å²) in [6.07, 6.45) is 1.70. The number of alkyl halides is 3. The first-order valence-electron chi connectivity index (χ1n) is 4.70. The van der Waals surface area contributed by atoms with Crippen LogP contribution in [0.2, 0.25) is 0 Å². The SMILES string of the molecule is O=C(Nc1ccc2ncccc2c1)C(Cl)(Cl)Cl. The Bertz CT molecular complexity index is 566. The third-order valence-electron chi connectivity index (χ3n) is 2.12. The number of benzene rings is 1. The minimum atomic E-state index is -1.97. The monoisotopic (exact) mass is 288 g/mol. The normalized spacial score (nSPS) is 11.5. The molecule has 0 unspecified atom stereocenters. The van der Waals surface area contributed by atoms with Crippen molar-refractivity contribution in [2.75, 3.05) is 5.32 Å². The predicted molar refractivity (Wildman–Crippen MR) is 70.7 cm³/mol. The van der Waals surface area contributed by atoms with Crippen LogP contribution in [-0.4, -0.2) is 14.7 Å². The van der Waals surface area contributed by atoms with Crippen LogP contribution in [-0.2, 0) is 4.79 Å². The van der Waals surface area contributed by atoms with E-state index in [4.69, 9.17) is 34.8 Å². The third kappa shape index (κ3) is 3.00. The Hall–Kier alpha value is -1.03. The molecule has 1 aromatic heterocycles.